The first-order valence-electron chi connectivity index (χ1n) is 10.6. The van der Waals surface area contributed by atoms with Crippen LogP contribution in [-0.2, 0) is 14.8 Å². The highest BCUT2D eigenvalue weighted by Crippen LogP contribution is 2.34. The molecule has 1 saturated heterocycles. The van der Waals surface area contributed by atoms with E-state index in [0.717, 1.165) is 0 Å². The van der Waals surface area contributed by atoms with Crippen LogP contribution < -0.4 is 19.5 Å². The molecule has 33 heavy (non-hydrogen) atoms. The lowest BCUT2D eigenvalue weighted by atomic mass is 10.0. The number of carbonyl (C=O) groups excluding carboxylic acids is 2. The van der Waals surface area contributed by atoms with Crippen molar-refractivity contribution in [3.05, 3.63) is 48.0 Å². The lowest BCUT2D eigenvalue weighted by Crippen LogP contribution is -2.46. The Morgan fingerprint density at radius 3 is 2.61 bits per heavy atom. The topological polar surface area (TPSA) is 123 Å². The van der Waals surface area contributed by atoms with E-state index in [-0.39, 0.29) is 35.3 Å². The molecule has 1 fully saturated rings. The van der Waals surface area contributed by atoms with Crippen LogP contribution in [-0.4, -0.2) is 57.8 Å². The first-order valence-corrected chi connectivity index (χ1v) is 12.1. The number of fused-ring (bicyclic) bond motifs is 1. The molecular weight excluding hydrogens is 450 g/mol. The zero-order valence-electron chi connectivity index (χ0n) is 18.1. The predicted molar refractivity (Wildman–Crippen MR) is 119 cm³/mol. The van der Waals surface area contributed by atoms with Crippen LogP contribution in [0.3, 0.4) is 0 Å². The number of nitrogens with one attached hydrogen (secondary N) is 2. The van der Waals surface area contributed by atoms with Crippen LogP contribution in [0.5, 0.6) is 11.5 Å². The number of hydrogen-bond donors (Lipinski definition) is 2. The van der Waals surface area contributed by atoms with E-state index >= 15 is 0 Å². The maximum Gasteiger partial charge on any atom is 0.409 e. The van der Waals surface area contributed by atoms with E-state index in [0.29, 0.717) is 49.7 Å². The number of benzene rings is 2. The Morgan fingerprint density at radius 2 is 1.85 bits per heavy atom. The standard InChI is InChI=1S/C22H25N3O7S/c1-2-30-22(27)25-10-8-16(9-11-25)23-21(26)15-4-3-5-18(12-15)33(28,29)24-17-6-7-19-20(13-17)32-14-31-19/h3-7,12-13,16,24H,2,8-11,14H2,1H3,(H,23,26). The molecule has 0 radical (unpaired) electrons. The number of likely N-dealkylation sites (tertiary alicyclic amines) is 1. The van der Waals surface area contributed by atoms with Gasteiger partial charge in [0.25, 0.3) is 15.9 Å². The van der Waals surface area contributed by atoms with Crippen molar-refractivity contribution in [3.63, 3.8) is 0 Å². The lowest BCUT2D eigenvalue weighted by Gasteiger charge is -2.31. The summed E-state index contributed by atoms with van der Waals surface area (Å²) in [6, 6.07) is 10.5. The first kappa shape index (κ1) is 22.7. The number of amides is 2. The summed E-state index contributed by atoms with van der Waals surface area (Å²) in [6.45, 7) is 3.13. The summed E-state index contributed by atoms with van der Waals surface area (Å²) in [5, 5.41) is 2.92. The van der Waals surface area contributed by atoms with Gasteiger partial charge in [-0.25, -0.2) is 13.2 Å². The second-order valence-corrected chi connectivity index (χ2v) is 9.32. The number of carbonyl (C=O) groups is 2. The molecule has 11 heteroatoms. The van der Waals surface area contributed by atoms with E-state index in [9.17, 15) is 18.0 Å². The SMILES string of the molecule is CCOC(=O)N1CCC(NC(=O)c2cccc(S(=O)(=O)Nc3ccc4c(c3)OCO4)c2)CC1. The number of piperidine rings is 1. The maximum absolute atomic E-state index is 12.9. The van der Waals surface area contributed by atoms with Crippen LogP contribution in [0, 0.1) is 0 Å². The molecule has 10 nitrogen and oxygen atoms in total. The quantitative estimate of drug-likeness (QED) is 0.658. The molecule has 0 unspecified atom stereocenters. The van der Waals surface area contributed by atoms with Crippen molar-refractivity contribution in [3.8, 4) is 11.5 Å². The average Bonchev–Trinajstić information content (AvgIpc) is 3.27. The summed E-state index contributed by atoms with van der Waals surface area (Å²) in [6.07, 6.45) is 0.831. The van der Waals surface area contributed by atoms with Gasteiger partial charge in [0.1, 0.15) is 0 Å². The molecule has 4 rings (SSSR count). The van der Waals surface area contributed by atoms with Gasteiger partial charge in [-0.1, -0.05) is 6.07 Å². The van der Waals surface area contributed by atoms with E-state index in [1.807, 2.05) is 0 Å². The highest BCUT2D eigenvalue weighted by molar-refractivity contribution is 7.92. The highest BCUT2D eigenvalue weighted by atomic mass is 32.2. The van der Waals surface area contributed by atoms with Crippen molar-refractivity contribution < 1.29 is 32.2 Å². The third-order valence-corrected chi connectivity index (χ3v) is 6.77. The minimum Gasteiger partial charge on any atom is -0.454 e. The molecule has 0 spiro atoms. The van der Waals surface area contributed by atoms with Gasteiger partial charge < -0.3 is 24.4 Å². The summed E-state index contributed by atoms with van der Waals surface area (Å²) >= 11 is 0. The molecule has 2 aliphatic heterocycles. The average molecular weight is 476 g/mol. The van der Waals surface area contributed by atoms with E-state index in [1.165, 1.54) is 18.2 Å². The van der Waals surface area contributed by atoms with E-state index in [2.05, 4.69) is 10.0 Å². The van der Waals surface area contributed by atoms with Gasteiger partial charge >= 0.3 is 6.09 Å². The summed E-state index contributed by atoms with van der Waals surface area (Å²) in [7, 11) is -3.93. The van der Waals surface area contributed by atoms with Crippen molar-refractivity contribution in [1.82, 2.24) is 10.2 Å². The Morgan fingerprint density at radius 1 is 1.09 bits per heavy atom. The van der Waals surface area contributed by atoms with Gasteiger partial charge in [0, 0.05) is 30.8 Å². The van der Waals surface area contributed by atoms with Gasteiger partial charge in [-0.05, 0) is 50.1 Å². The molecule has 2 heterocycles. The summed E-state index contributed by atoms with van der Waals surface area (Å²) in [4.78, 5) is 26.1. The predicted octanol–water partition coefficient (Wildman–Crippen LogP) is 2.57. The summed E-state index contributed by atoms with van der Waals surface area (Å²) in [5.74, 6) is 0.631. The van der Waals surface area contributed by atoms with E-state index < -0.39 is 10.0 Å². The Labute approximate surface area is 191 Å². The van der Waals surface area contributed by atoms with Gasteiger partial charge in [0.05, 0.1) is 17.2 Å². The van der Waals surface area contributed by atoms with Crippen LogP contribution in [0.25, 0.3) is 0 Å². The number of sulfonamides is 1. The molecule has 176 valence electrons. The molecule has 2 N–H and O–H groups in total. The maximum atomic E-state index is 12.9. The minimum absolute atomic E-state index is 0.0371. The van der Waals surface area contributed by atoms with Crippen molar-refractivity contribution in [2.24, 2.45) is 0 Å². The van der Waals surface area contributed by atoms with Crippen LogP contribution in [0.1, 0.15) is 30.1 Å². The van der Waals surface area contributed by atoms with Crippen LogP contribution in [0.2, 0.25) is 0 Å². The Kier molecular flexibility index (Phi) is 6.59. The van der Waals surface area contributed by atoms with Gasteiger partial charge in [0.2, 0.25) is 6.79 Å². The van der Waals surface area contributed by atoms with Crippen molar-refractivity contribution >= 4 is 27.7 Å². The third-order valence-electron chi connectivity index (χ3n) is 5.39. The smallest absolute Gasteiger partial charge is 0.409 e. The monoisotopic (exact) mass is 475 g/mol. The normalized spacial score (nSPS) is 15.7. The lowest BCUT2D eigenvalue weighted by molar-refractivity contribution is 0.0860. The molecular formula is C22H25N3O7S. The molecule has 0 saturated carbocycles. The third kappa shape index (κ3) is 5.30. The fraction of sp³-hybridized carbons (Fsp3) is 0.364. The number of nitrogens with zero attached hydrogens (tertiary/aromatic N) is 1. The van der Waals surface area contributed by atoms with Crippen LogP contribution in [0.15, 0.2) is 47.4 Å². The molecule has 0 bridgehead atoms. The Balaban J connectivity index is 1.39. The minimum atomic E-state index is -3.93. The first-order chi connectivity index (χ1) is 15.9. The fourth-order valence-electron chi connectivity index (χ4n) is 3.67. The summed E-state index contributed by atoms with van der Waals surface area (Å²) < 4.78 is 43.7. The number of ether oxygens (including phenoxy) is 3. The molecule has 0 aliphatic carbocycles. The van der Waals surface area contributed by atoms with Gasteiger partial charge in [-0.3, -0.25) is 9.52 Å². The largest absolute Gasteiger partial charge is 0.454 e. The van der Waals surface area contributed by atoms with Crippen molar-refractivity contribution in [1.29, 1.82) is 0 Å². The molecule has 0 aromatic heterocycles. The van der Waals surface area contributed by atoms with Crippen molar-refractivity contribution in [2.45, 2.75) is 30.7 Å². The van der Waals surface area contributed by atoms with Crippen LogP contribution >= 0.6 is 0 Å². The second kappa shape index (κ2) is 9.57. The van der Waals surface area contributed by atoms with E-state index in [4.69, 9.17) is 14.2 Å². The Bertz CT molecular complexity index is 1140. The fourth-order valence-corrected chi connectivity index (χ4v) is 4.76. The number of hydrogen-bond acceptors (Lipinski definition) is 7. The van der Waals surface area contributed by atoms with Crippen molar-refractivity contribution in [2.75, 3.05) is 31.2 Å². The number of anilines is 1. The number of rotatable bonds is 6. The van der Waals surface area contributed by atoms with E-state index in [1.54, 1.807) is 36.1 Å². The zero-order valence-corrected chi connectivity index (χ0v) is 18.9. The summed E-state index contributed by atoms with van der Waals surface area (Å²) in [5.41, 5.74) is 0.554. The van der Waals surface area contributed by atoms with Crippen LogP contribution in [0.4, 0.5) is 10.5 Å². The molecule has 2 aliphatic rings. The highest BCUT2D eigenvalue weighted by Gasteiger charge is 2.25. The molecule has 0 atom stereocenters. The second-order valence-electron chi connectivity index (χ2n) is 7.64. The molecule has 2 amide bonds. The van der Waals surface area contributed by atoms with Gasteiger partial charge in [-0.15, -0.1) is 0 Å². The van der Waals surface area contributed by atoms with Gasteiger partial charge in [0.15, 0.2) is 11.5 Å². The molecule has 2 aromatic carbocycles. The molecule has 2 aromatic rings. The van der Waals surface area contributed by atoms with Gasteiger partial charge in [-0.2, -0.15) is 0 Å². The zero-order chi connectivity index (χ0) is 23.4. The Hall–Kier alpha value is -3.47.